The Hall–Kier alpha value is -3.41. The van der Waals surface area contributed by atoms with Gasteiger partial charge in [-0.1, -0.05) is 18.2 Å². The van der Waals surface area contributed by atoms with Crippen molar-refractivity contribution in [3.05, 3.63) is 75.6 Å². The summed E-state index contributed by atoms with van der Waals surface area (Å²) in [5.74, 6) is -0.453. The minimum atomic E-state index is -0.512. The van der Waals surface area contributed by atoms with Crippen LogP contribution in [0.15, 0.2) is 57.7 Å². The van der Waals surface area contributed by atoms with E-state index in [-0.39, 0.29) is 12.5 Å². The molecule has 1 aliphatic heterocycles. The molecule has 0 spiro atoms. The SMILES string of the molecule is Cc1ccc2c(COC(=O)c3cccc(N4CCCC4=O)c3)cc(=O)oc2c1. The van der Waals surface area contributed by atoms with Gasteiger partial charge in [0.15, 0.2) is 0 Å². The summed E-state index contributed by atoms with van der Waals surface area (Å²) in [6, 6.07) is 13.7. The molecular weight excluding hydrogens is 358 g/mol. The molecule has 2 heterocycles. The highest BCUT2D eigenvalue weighted by atomic mass is 16.5. The predicted molar refractivity (Wildman–Crippen MR) is 104 cm³/mol. The van der Waals surface area contributed by atoms with Crippen molar-refractivity contribution in [1.82, 2.24) is 0 Å². The van der Waals surface area contributed by atoms with E-state index >= 15 is 0 Å². The molecule has 3 aromatic rings. The Morgan fingerprint density at radius 3 is 2.79 bits per heavy atom. The Kier molecular flexibility index (Phi) is 4.69. The van der Waals surface area contributed by atoms with E-state index in [4.69, 9.17) is 9.15 Å². The number of fused-ring (bicyclic) bond motifs is 1. The third kappa shape index (κ3) is 3.53. The van der Waals surface area contributed by atoms with Gasteiger partial charge < -0.3 is 14.1 Å². The summed E-state index contributed by atoms with van der Waals surface area (Å²) >= 11 is 0. The third-order valence-electron chi connectivity index (χ3n) is 4.81. The lowest BCUT2D eigenvalue weighted by molar-refractivity contribution is -0.117. The largest absolute Gasteiger partial charge is 0.457 e. The van der Waals surface area contributed by atoms with Gasteiger partial charge in [-0.25, -0.2) is 9.59 Å². The molecule has 6 nitrogen and oxygen atoms in total. The van der Waals surface area contributed by atoms with Crippen molar-refractivity contribution < 1.29 is 18.7 Å². The van der Waals surface area contributed by atoms with Crippen LogP contribution in [-0.2, 0) is 16.1 Å². The van der Waals surface area contributed by atoms with Gasteiger partial charge in [0, 0.05) is 35.7 Å². The van der Waals surface area contributed by atoms with Crippen LogP contribution < -0.4 is 10.5 Å². The van der Waals surface area contributed by atoms with Crippen molar-refractivity contribution in [2.24, 2.45) is 0 Å². The molecule has 142 valence electrons. The predicted octanol–water partition coefficient (Wildman–Crippen LogP) is 3.59. The van der Waals surface area contributed by atoms with E-state index in [2.05, 4.69) is 0 Å². The summed E-state index contributed by atoms with van der Waals surface area (Å²) < 4.78 is 10.7. The van der Waals surface area contributed by atoms with Crippen LogP contribution in [0.5, 0.6) is 0 Å². The molecule has 1 fully saturated rings. The Bertz CT molecular complexity index is 1130. The molecule has 1 aromatic heterocycles. The summed E-state index contributed by atoms with van der Waals surface area (Å²) in [6.45, 7) is 2.52. The van der Waals surface area contributed by atoms with Crippen LogP contribution in [0.25, 0.3) is 11.0 Å². The number of anilines is 1. The van der Waals surface area contributed by atoms with E-state index in [9.17, 15) is 14.4 Å². The lowest BCUT2D eigenvalue weighted by atomic mass is 10.1. The van der Waals surface area contributed by atoms with Crippen molar-refractivity contribution in [1.29, 1.82) is 0 Å². The molecule has 2 aromatic carbocycles. The standard InChI is InChI=1S/C22H19NO5/c1-14-7-8-18-16(12-21(25)28-19(18)10-14)13-27-22(26)15-4-2-5-17(11-15)23-9-3-6-20(23)24/h2,4-5,7-8,10-12H,3,6,9,13H2,1H3. The van der Waals surface area contributed by atoms with Crippen molar-refractivity contribution in [2.75, 3.05) is 11.4 Å². The second kappa shape index (κ2) is 7.31. The van der Waals surface area contributed by atoms with Gasteiger partial charge in [0.25, 0.3) is 0 Å². The van der Waals surface area contributed by atoms with Gasteiger partial charge in [-0.15, -0.1) is 0 Å². The quantitative estimate of drug-likeness (QED) is 0.513. The summed E-state index contributed by atoms with van der Waals surface area (Å²) in [4.78, 5) is 37.9. The first-order valence-corrected chi connectivity index (χ1v) is 9.12. The van der Waals surface area contributed by atoms with E-state index in [1.54, 1.807) is 35.2 Å². The fourth-order valence-corrected chi connectivity index (χ4v) is 3.41. The maximum atomic E-state index is 12.5. The Morgan fingerprint density at radius 1 is 1.14 bits per heavy atom. The van der Waals surface area contributed by atoms with Crippen LogP contribution in [0.2, 0.25) is 0 Å². The number of carbonyl (C=O) groups excluding carboxylic acids is 2. The van der Waals surface area contributed by atoms with Crippen LogP contribution in [0, 0.1) is 6.92 Å². The zero-order chi connectivity index (χ0) is 19.7. The fourth-order valence-electron chi connectivity index (χ4n) is 3.41. The van der Waals surface area contributed by atoms with Crippen LogP contribution in [-0.4, -0.2) is 18.4 Å². The van der Waals surface area contributed by atoms with E-state index in [1.165, 1.54) is 6.07 Å². The van der Waals surface area contributed by atoms with Gasteiger partial charge in [-0.2, -0.15) is 0 Å². The number of rotatable bonds is 4. The highest BCUT2D eigenvalue weighted by molar-refractivity contribution is 5.97. The van der Waals surface area contributed by atoms with E-state index < -0.39 is 11.6 Å². The number of ether oxygens (including phenoxy) is 1. The molecule has 28 heavy (non-hydrogen) atoms. The molecule has 0 bridgehead atoms. The molecule has 4 rings (SSSR count). The molecule has 0 N–H and O–H groups in total. The minimum Gasteiger partial charge on any atom is -0.457 e. The van der Waals surface area contributed by atoms with Gasteiger partial charge >= 0.3 is 11.6 Å². The number of carbonyl (C=O) groups is 2. The summed E-state index contributed by atoms with van der Waals surface area (Å²) in [5, 5.41) is 0.731. The van der Waals surface area contributed by atoms with Crippen LogP contribution >= 0.6 is 0 Å². The third-order valence-corrected chi connectivity index (χ3v) is 4.81. The number of esters is 1. The number of benzene rings is 2. The van der Waals surface area contributed by atoms with E-state index in [0.29, 0.717) is 35.4 Å². The zero-order valence-electron chi connectivity index (χ0n) is 15.4. The first kappa shape index (κ1) is 18.0. The molecule has 0 unspecified atom stereocenters. The number of hydrogen-bond donors (Lipinski definition) is 0. The van der Waals surface area contributed by atoms with Crippen molar-refractivity contribution in [3.63, 3.8) is 0 Å². The summed E-state index contributed by atoms with van der Waals surface area (Å²) in [6.07, 6.45) is 1.34. The van der Waals surface area contributed by atoms with Crippen molar-refractivity contribution in [2.45, 2.75) is 26.4 Å². The average molecular weight is 377 g/mol. The van der Waals surface area contributed by atoms with Crippen molar-refractivity contribution >= 4 is 28.5 Å². The fraction of sp³-hybridized carbons (Fsp3) is 0.227. The number of aryl methyl sites for hydroxylation is 1. The topological polar surface area (TPSA) is 76.8 Å². The van der Waals surface area contributed by atoms with Crippen molar-refractivity contribution in [3.8, 4) is 0 Å². The summed E-state index contributed by atoms with van der Waals surface area (Å²) in [7, 11) is 0. The molecule has 0 radical (unpaired) electrons. The molecule has 0 atom stereocenters. The van der Waals surface area contributed by atoms with Crippen LogP contribution in [0.3, 0.4) is 0 Å². The molecular formula is C22H19NO5. The molecule has 6 heteroatoms. The molecule has 1 saturated heterocycles. The smallest absolute Gasteiger partial charge is 0.338 e. The zero-order valence-corrected chi connectivity index (χ0v) is 15.4. The lowest BCUT2D eigenvalue weighted by Gasteiger charge is -2.16. The first-order chi connectivity index (χ1) is 13.5. The number of amides is 1. The second-order valence-electron chi connectivity index (χ2n) is 6.87. The number of nitrogens with zero attached hydrogens (tertiary/aromatic N) is 1. The van der Waals surface area contributed by atoms with Gasteiger partial charge in [0.05, 0.1) is 5.56 Å². The minimum absolute atomic E-state index is 0.0448. The maximum Gasteiger partial charge on any atom is 0.338 e. The molecule has 0 aliphatic carbocycles. The molecule has 1 amide bonds. The Balaban J connectivity index is 1.55. The maximum absolute atomic E-state index is 12.5. The van der Waals surface area contributed by atoms with Crippen LogP contribution in [0.1, 0.15) is 34.3 Å². The summed E-state index contributed by atoms with van der Waals surface area (Å²) in [5.41, 5.74) is 2.59. The highest BCUT2D eigenvalue weighted by Gasteiger charge is 2.22. The van der Waals surface area contributed by atoms with Gasteiger partial charge in [0.1, 0.15) is 12.2 Å². The van der Waals surface area contributed by atoms with Gasteiger partial charge in [-0.05, 0) is 43.2 Å². The Labute approximate surface area is 161 Å². The first-order valence-electron chi connectivity index (χ1n) is 9.12. The van der Waals surface area contributed by atoms with Gasteiger partial charge in [0.2, 0.25) is 5.91 Å². The Morgan fingerprint density at radius 2 is 2.00 bits per heavy atom. The normalized spacial score (nSPS) is 13.9. The molecule has 0 saturated carbocycles. The second-order valence-corrected chi connectivity index (χ2v) is 6.87. The van der Waals surface area contributed by atoms with E-state index in [1.807, 2.05) is 19.1 Å². The lowest BCUT2D eigenvalue weighted by Crippen LogP contribution is -2.23. The van der Waals surface area contributed by atoms with E-state index in [0.717, 1.165) is 17.4 Å². The highest BCUT2D eigenvalue weighted by Crippen LogP contribution is 2.23. The van der Waals surface area contributed by atoms with Crippen LogP contribution in [0.4, 0.5) is 5.69 Å². The average Bonchev–Trinajstić information content (AvgIpc) is 3.11. The van der Waals surface area contributed by atoms with Gasteiger partial charge in [-0.3, -0.25) is 4.79 Å². The number of hydrogen-bond acceptors (Lipinski definition) is 5. The molecule has 1 aliphatic rings. The monoisotopic (exact) mass is 377 g/mol.